The number of para-hydroxylation sites is 1. The van der Waals surface area contributed by atoms with Gasteiger partial charge < -0.3 is 19.5 Å². The fourth-order valence-electron chi connectivity index (χ4n) is 3.02. The third-order valence-corrected chi connectivity index (χ3v) is 6.43. The van der Waals surface area contributed by atoms with Crippen LogP contribution >= 0.6 is 0 Å². The Kier molecular flexibility index (Phi) is 4.90. The molecule has 0 spiro atoms. The number of hydrogen-bond acceptors (Lipinski definition) is 6. The second-order valence-corrected chi connectivity index (χ2v) is 8.66. The normalized spacial score (nSPS) is 23.1. The Bertz CT molecular complexity index is 764. The van der Waals surface area contributed by atoms with Crippen LogP contribution in [-0.2, 0) is 10.0 Å². The van der Waals surface area contributed by atoms with Crippen molar-refractivity contribution in [2.24, 2.45) is 5.92 Å². The van der Waals surface area contributed by atoms with Crippen LogP contribution in [0.4, 0.5) is 0 Å². The lowest BCUT2D eigenvalue weighted by atomic mass is 10.1. The molecule has 0 saturated carbocycles. The predicted molar refractivity (Wildman–Crippen MR) is 90.3 cm³/mol. The lowest BCUT2D eigenvalue weighted by Gasteiger charge is -2.23. The predicted octanol–water partition coefficient (Wildman–Crippen LogP) is -0.218. The Labute approximate surface area is 147 Å². The first-order valence-corrected chi connectivity index (χ1v) is 9.66. The van der Waals surface area contributed by atoms with Crippen molar-refractivity contribution in [1.29, 1.82) is 0 Å². The zero-order valence-electron chi connectivity index (χ0n) is 14.2. The highest BCUT2D eigenvalue weighted by atomic mass is 32.2. The highest BCUT2D eigenvalue weighted by molar-refractivity contribution is 7.89. The first-order chi connectivity index (χ1) is 11.8. The van der Waals surface area contributed by atoms with Crippen molar-refractivity contribution in [3.8, 4) is 11.5 Å². The number of ether oxygens (including phenoxy) is 2. The summed E-state index contributed by atoms with van der Waals surface area (Å²) in [6.07, 6.45) is -0.879. The van der Waals surface area contributed by atoms with Crippen molar-refractivity contribution >= 4 is 15.9 Å². The number of likely N-dealkylation sites (tertiary alicyclic amines) is 1. The molecule has 0 unspecified atom stereocenters. The van der Waals surface area contributed by atoms with E-state index in [1.165, 1.54) is 19.0 Å². The van der Waals surface area contributed by atoms with Gasteiger partial charge in [0.2, 0.25) is 10.0 Å². The first kappa shape index (κ1) is 18.0. The van der Waals surface area contributed by atoms with E-state index in [1.807, 2.05) is 0 Å². The largest absolute Gasteiger partial charge is 0.486 e. The van der Waals surface area contributed by atoms with Crippen molar-refractivity contribution < 1.29 is 27.8 Å². The number of aliphatic hydroxyl groups is 1. The second-order valence-electron chi connectivity index (χ2n) is 6.43. The lowest BCUT2D eigenvalue weighted by molar-refractivity contribution is 0.0754. The van der Waals surface area contributed by atoms with Crippen LogP contribution in [0.1, 0.15) is 10.4 Å². The van der Waals surface area contributed by atoms with E-state index in [4.69, 9.17) is 9.47 Å². The molecule has 2 atom stereocenters. The SMILES string of the molecule is CN(C)S(=O)(=O)C[C@@H]1CN(C(=O)c2cccc3c2OCCO3)C[C@@H]1O. The van der Waals surface area contributed by atoms with Gasteiger partial charge in [-0.2, -0.15) is 0 Å². The standard InChI is InChI=1S/C16H22N2O6S/c1-17(2)25(21,22)10-11-8-18(9-13(11)19)16(20)12-4-3-5-14-15(12)24-7-6-23-14/h3-5,11,13,19H,6-10H2,1-2H3/t11-,13-/m0/s1. The number of nitrogens with zero attached hydrogens (tertiary/aromatic N) is 2. The van der Waals surface area contributed by atoms with Crippen LogP contribution in [0.3, 0.4) is 0 Å². The number of amides is 1. The van der Waals surface area contributed by atoms with E-state index in [0.29, 0.717) is 30.3 Å². The lowest BCUT2D eigenvalue weighted by Crippen LogP contribution is -2.33. The van der Waals surface area contributed by atoms with Crippen LogP contribution in [0.2, 0.25) is 0 Å². The molecule has 138 valence electrons. The summed E-state index contributed by atoms with van der Waals surface area (Å²) < 4.78 is 36.3. The molecule has 2 heterocycles. The third-order valence-electron chi connectivity index (χ3n) is 4.47. The van der Waals surface area contributed by atoms with Crippen LogP contribution in [-0.4, -0.2) is 80.9 Å². The van der Waals surface area contributed by atoms with Crippen LogP contribution in [0.25, 0.3) is 0 Å². The van der Waals surface area contributed by atoms with Gasteiger partial charge in [0.05, 0.1) is 17.4 Å². The van der Waals surface area contributed by atoms with E-state index in [-0.39, 0.29) is 24.7 Å². The number of carbonyl (C=O) groups is 1. The summed E-state index contributed by atoms with van der Waals surface area (Å²) in [6.45, 7) is 1.07. The zero-order valence-corrected chi connectivity index (χ0v) is 15.0. The van der Waals surface area contributed by atoms with Crippen LogP contribution in [0, 0.1) is 5.92 Å². The highest BCUT2D eigenvalue weighted by Crippen LogP contribution is 2.35. The van der Waals surface area contributed by atoms with Crippen molar-refractivity contribution in [2.75, 3.05) is 46.2 Å². The molecule has 0 bridgehead atoms. The molecule has 1 aromatic rings. The zero-order chi connectivity index (χ0) is 18.2. The molecular weight excluding hydrogens is 348 g/mol. The summed E-state index contributed by atoms with van der Waals surface area (Å²) in [5, 5.41) is 10.2. The van der Waals surface area contributed by atoms with Gasteiger partial charge in [-0.25, -0.2) is 12.7 Å². The van der Waals surface area contributed by atoms with Gasteiger partial charge in [0.1, 0.15) is 13.2 Å². The Morgan fingerprint density at radius 2 is 2.00 bits per heavy atom. The molecule has 0 radical (unpaired) electrons. The number of hydrogen-bond donors (Lipinski definition) is 1. The smallest absolute Gasteiger partial charge is 0.257 e. The average Bonchev–Trinajstić information content (AvgIpc) is 2.93. The van der Waals surface area contributed by atoms with Gasteiger partial charge >= 0.3 is 0 Å². The van der Waals surface area contributed by atoms with E-state index in [0.717, 1.165) is 4.31 Å². The molecule has 1 aromatic carbocycles. The summed E-state index contributed by atoms with van der Waals surface area (Å²) in [5.74, 6) is -0.0994. The Balaban J connectivity index is 1.77. The maximum atomic E-state index is 12.8. The molecule has 2 aliphatic heterocycles. The first-order valence-electron chi connectivity index (χ1n) is 8.06. The number of aliphatic hydroxyl groups excluding tert-OH is 1. The third kappa shape index (κ3) is 3.58. The molecule has 9 heteroatoms. The highest BCUT2D eigenvalue weighted by Gasteiger charge is 2.38. The number of sulfonamides is 1. The summed E-state index contributed by atoms with van der Waals surface area (Å²) in [5.41, 5.74) is 0.362. The summed E-state index contributed by atoms with van der Waals surface area (Å²) >= 11 is 0. The van der Waals surface area contributed by atoms with Gasteiger partial charge in [0.15, 0.2) is 11.5 Å². The van der Waals surface area contributed by atoms with Gasteiger partial charge in [-0.1, -0.05) is 6.07 Å². The van der Waals surface area contributed by atoms with Gasteiger partial charge in [-0.05, 0) is 12.1 Å². The number of carbonyl (C=O) groups excluding carboxylic acids is 1. The van der Waals surface area contributed by atoms with Crippen LogP contribution < -0.4 is 9.47 Å². The quantitative estimate of drug-likeness (QED) is 0.787. The topological polar surface area (TPSA) is 96.4 Å². The van der Waals surface area contributed by atoms with Crippen molar-refractivity contribution in [3.05, 3.63) is 23.8 Å². The van der Waals surface area contributed by atoms with Crippen LogP contribution in [0.15, 0.2) is 18.2 Å². The second kappa shape index (κ2) is 6.81. The van der Waals surface area contributed by atoms with E-state index < -0.39 is 22.0 Å². The molecule has 25 heavy (non-hydrogen) atoms. The molecular formula is C16H22N2O6S. The van der Waals surface area contributed by atoms with Crippen LogP contribution in [0.5, 0.6) is 11.5 Å². The number of benzene rings is 1. The number of fused-ring (bicyclic) bond motifs is 1. The number of rotatable bonds is 4. The van der Waals surface area contributed by atoms with Gasteiger partial charge in [0.25, 0.3) is 5.91 Å². The fraction of sp³-hybridized carbons (Fsp3) is 0.562. The maximum absolute atomic E-state index is 12.8. The summed E-state index contributed by atoms with van der Waals surface area (Å²) in [6, 6.07) is 5.09. The van der Waals surface area contributed by atoms with Gasteiger partial charge in [-0.3, -0.25) is 4.79 Å². The molecule has 1 saturated heterocycles. The molecule has 0 aromatic heterocycles. The Hall–Kier alpha value is -1.84. The van der Waals surface area contributed by atoms with E-state index in [2.05, 4.69) is 0 Å². The molecule has 1 amide bonds. The minimum Gasteiger partial charge on any atom is -0.486 e. The molecule has 0 aliphatic carbocycles. The molecule has 2 aliphatic rings. The minimum atomic E-state index is -3.45. The van der Waals surface area contributed by atoms with E-state index in [9.17, 15) is 18.3 Å². The summed E-state index contributed by atoms with van der Waals surface area (Å²) in [4.78, 5) is 14.3. The average molecular weight is 370 g/mol. The maximum Gasteiger partial charge on any atom is 0.257 e. The van der Waals surface area contributed by atoms with Gasteiger partial charge in [-0.15, -0.1) is 0 Å². The van der Waals surface area contributed by atoms with E-state index in [1.54, 1.807) is 18.2 Å². The summed E-state index contributed by atoms with van der Waals surface area (Å²) in [7, 11) is -0.549. The monoisotopic (exact) mass is 370 g/mol. The van der Waals surface area contributed by atoms with Crippen molar-refractivity contribution in [1.82, 2.24) is 9.21 Å². The van der Waals surface area contributed by atoms with Crippen molar-refractivity contribution in [3.63, 3.8) is 0 Å². The molecule has 3 rings (SSSR count). The fourth-order valence-corrected chi connectivity index (χ4v) is 4.18. The van der Waals surface area contributed by atoms with E-state index >= 15 is 0 Å². The van der Waals surface area contributed by atoms with Gasteiger partial charge in [0, 0.05) is 33.1 Å². The molecule has 1 N–H and O–H groups in total. The minimum absolute atomic E-state index is 0.0942. The Morgan fingerprint density at radius 1 is 1.28 bits per heavy atom. The number of β-amino-alcohol motifs (C(OH)–C–C–N with tert-alkyl or cyclic N) is 1. The molecule has 8 nitrogen and oxygen atoms in total. The molecule has 1 fully saturated rings. The Morgan fingerprint density at radius 3 is 2.72 bits per heavy atom. The van der Waals surface area contributed by atoms with Crippen molar-refractivity contribution in [2.45, 2.75) is 6.10 Å².